The SMILES string of the molecule is CNc1nc(-c2cccnc2)nc2c(F)c(-c3cc(F)cc(F)c3)ccc12. The quantitative estimate of drug-likeness (QED) is 0.565. The molecule has 0 aliphatic carbocycles. The van der Waals surface area contributed by atoms with Crippen molar-refractivity contribution in [2.24, 2.45) is 0 Å². The zero-order chi connectivity index (χ0) is 19.0. The molecular formula is C20H13F3N4. The highest BCUT2D eigenvalue weighted by atomic mass is 19.1. The number of anilines is 1. The first-order valence-electron chi connectivity index (χ1n) is 8.11. The first-order chi connectivity index (χ1) is 13.1. The number of halogens is 3. The zero-order valence-corrected chi connectivity index (χ0v) is 14.2. The van der Waals surface area contributed by atoms with Crippen molar-refractivity contribution >= 4 is 16.7 Å². The molecule has 0 fully saturated rings. The van der Waals surface area contributed by atoms with E-state index in [4.69, 9.17) is 0 Å². The standard InChI is InChI=1S/C20H13F3N4/c1-24-20-16-5-4-15(12-7-13(21)9-14(22)8-12)17(23)18(16)26-19(27-20)11-3-2-6-25-10-11/h2-10H,1H3,(H,24,26,27). The molecule has 4 rings (SSSR count). The van der Waals surface area contributed by atoms with Crippen molar-refractivity contribution < 1.29 is 13.2 Å². The van der Waals surface area contributed by atoms with Gasteiger partial charge in [0.15, 0.2) is 11.6 Å². The van der Waals surface area contributed by atoms with Gasteiger partial charge in [-0.3, -0.25) is 4.98 Å². The number of aromatic nitrogens is 3. The van der Waals surface area contributed by atoms with E-state index in [0.29, 0.717) is 22.6 Å². The topological polar surface area (TPSA) is 50.7 Å². The summed E-state index contributed by atoms with van der Waals surface area (Å²) in [6.45, 7) is 0. The van der Waals surface area contributed by atoms with E-state index in [1.807, 2.05) is 0 Å². The van der Waals surface area contributed by atoms with Gasteiger partial charge in [0.2, 0.25) is 0 Å². The maximum absolute atomic E-state index is 15.3. The Labute approximate surface area is 152 Å². The molecule has 0 saturated carbocycles. The van der Waals surface area contributed by atoms with Gasteiger partial charge in [0, 0.05) is 42.0 Å². The maximum atomic E-state index is 15.3. The largest absolute Gasteiger partial charge is 0.373 e. The van der Waals surface area contributed by atoms with Crippen molar-refractivity contribution in [2.45, 2.75) is 0 Å². The fourth-order valence-corrected chi connectivity index (χ4v) is 2.91. The molecule has 0 unspecified atom stereocenters. The monoisotopic (exact) mass is 366 g/mol. The summed E-state index contributed by atoms with van der Waals surface area (Å²) in [4.78, 5) is 12.8. The summed E-state index contributed by atoms with van der Waals surface area (Å²) in [5, 5.41) is 3.39. The lowest BCUT2D eigenvalue weighted by molar-refractivity contribution is 0.583. The van der Waals surface area contributed by atoms with Gasteiger partial charge in [-0.1, -0.05) is 6.07 Å². The molecule has 2 aromatic carbocycles. The lowest BCUT2D eigenvalue weighted by Gasteiger charge is -2.11. The predicted molar refractivity (Wildman–Crippen MR) is 97.6 cm³/mol. The van der Waals surface area contributed by atoms with Crippen LogP contribution in [0.2, 0.25) is 0 Å². The Hall–Kier alpha value is -3.48. The van der Waals surface area contributed by atoms with Crippen molar-refractivity contribution in [3.05, 3.63) is 72.3 Å². The highest BCUT2D eigenvalue weighted by Gasteiger charge is 2.17. The molecule has 2 aromatic heterocycles. The van der Waals surface area contributed by atoms with Gasteiger partial charge in [-0.2, -0.15) is 0 Å². The molecule has 0 aliphatic rings. The number of nitrogens with one attached hydrogen (secondary N) is 1. The third kappa shape index (κ3) is 3.08. The lowest BCUT2D eigenvalue weighted by atomic mass is 10.0. The van der Waals surface area contributed by atoms with Gasteiger partial charge in [-0.05, 0) is 35.9 Å². The highest BCUT2D eigenvalue weighted by molar-refractivity contribution is 5.94. The van der Waals surface area contributed by atoms with Crippen molar-refractivity contribution in [2.75, 3.05) is 12.4 Å². The Morgan fingerprint density at radius 2 is 1.67 bits per heavy atom. The van der Waals surface area contributed by atoms with E-state index in [-0.39, 0.29) is 16.6 Å². The summed E-state index contributed by atoms with van der Waals surface area (Å²) >= 11 is 0. The van der Waals surface area contributed by atoms with Crippen LogP contribution in [0.1, 0.15) is 0 Å². The van der Waals surface area contributed by atoms with Gasteiger partial charge >= 0.3 is 0 Å². The number of pyridine rings is 1. The molecule has 27 heavy (non-hydrogen) atoms. The lowest BCUT2D eigenvalue weighted by Crippen LogP contribution is -2.01. The summed E-state index contributed by atoms with van der Waals surface area (Å²) in [5.74, 6) is -1.50. The molecule has 0 bridgehead atoms. The molecule has 7 heteroatoms. The molecule has 0 aliphatic heterocycles. The van der Waals surface area contributed by atoms with E-state index >= 15 is 4.39 Å². The van der Waals surface area contributed by atoms with Crippen molar-refractivity contribution in [1.82, 2.24) is 15.0 Å². The number of fused-ring (bicyclic) bond motifs is 1. The molecule has 0 saturated heterocycles. The predicted octanol–water partition coefficient (Wildman–Crippen LogP) is 4.82. The Bertz CT molecular complexity index is 1130. The zero-order valence-electron chi connectivity index (χ0n) is 14.2. The van der Waals surface area contributed by atoms with Crippen LogP contribution in [0.25, 0.3) is 33.4 Å². The first kappa shape index (κ1) is 17.0. The minimum absolute atomic E-state index is 0.0513. The van der Waals surface area contributed by atoms with Gasteiger partial charge in [0.1, 0.15) is 23.0 Å². The molecule has 0 spiro atoms. The van der Waals surface area contributed by atoms with Crippen LogP contribution >= 0.6 is 0 Å². The Morgan fingerprint density at radius 3 is 2.33 bits per heavy atom. The molecule has 4 aromatic rings. The number of rotatable bonds is 3. The van der Waals surface area contributed by atoms with E-state index < -0.39 is 17.5 Å². The summed E-state index contributed by atoms with van der Waals surface area (Å²) in [7, 11) is 1.67. The van der Waals surface area contributed by atoms with Crippen molar-refractivity contribution in [1.29, 1.82) is 0 Å². The fourth-order valence-electron chi connectivity index (χ4n) is 2.91. The van der Waals surface area contributed by atoms with Crippen molar-refractivity contribution in [3.8, 4) is 22.5 Å². The van der Waals surface area contributed by atoms with Gasteiger partial charge < -0.3 is 5.32 Å². The second-order valence-electron chi connectivity index (χ2n) is 5.87. The second kappa shape index (κ2) is 6.68. The molecule has 134 valence electrons. The van der Waals surface area contributed by atoms with E-state index in [1.165, 1.54) is 6.07 Å². The minimum Gasteiger partial charge on any atom is -0.373 e. The Balaban J connectivity index is 1.98. The van der Waals surface area contributed by atoms with Crippen LogP contribution in [0.15, 0.2) is 54.9 Å². The smallest absolute Gasteiger partial charge is 0.163 e. The first-order valence-corrected chi connectivity index (χ1v) is 8.11. The normalized spacial score (nSPS) is 11.0. The van der Waals surface area contributed by atoms with Gasteiger partial charge in [-0.15, -0.1) is 0 Å². The average molecular weight is 366 g/mol. The summed E-state index contributed by atoms with van der Waals surface area (Å²) < 4.78 is 42.4. The average Bonchev–Trinajstić information content (AvgIpc) is 2.67. The van der Waals surface area contributed by atoms with Crippen LogP contribution in [0, 0.1) is 17.5 Å². The molecular weight excluding hydrogens is 353 g/mol. The summed E-state index contributed by atoms with van der Waals surface area (Å²) in [6.07, 6.45) is 3.19. The van der Waals surface area contributed by atoms with Crippen molar-refractivity contribution in [3.63, 3.8) is 0 Å². The number of benzene rings is 2. The molecule has 4 nitrogen and oxygen atoms in total. The van der Waals surface area contributed by atoms with E-state index in [9.17, 15) is 8.78 Å². The van der Waals surface area contributed by atoms with E-state index in [1.54, 1.807) is 37.6 Å². The van der Waals surface area contributed by atoms with Gasteiger partial charge in [-0.25, -0.2) is 23.1 Å². The van der Waals surface area contributed by atoms with Crippen LogP contribution in [0.3, 0.4) is 0 Å². The Morgan fingerprint density at radius 1 is 0.889 bits per heavy atom. The Kier molecular flexibility index (Phi) is 4.19. The highest BCUT2D eigenvalue weighted by Crippen LogP contribution is 2.32. The third-order valence-corrected chi connectivity index (χ3v) is 4.14. The second-order valence-corrected chi connectivity index (χ2v) is 5.87. The van der Waals surface area contributed by atoms with Gasteiger partial charge in [0.05, 0.1) is 0 Å². The van der Waals surface area contributed by atoms with Crippen LogP contribution in [0.4, 0.5) is 19.0 Å². The summed E-state index contributed by atoms with van der Waals surface area (Å²) in [6, 6.07) is 9.46. The fraction of sp³-hybridized carbons (Fsp3) is 0.0500. The van der Waals surface area contributed by atoms with Gasteiger partial charge in [0.25, 0.3) is 0 Å². The number of hydrogen-bond acceptors (Lipinski definition) is 4. The maximum Gasteiger partial charge on any atom is 0.163 e. The molecule has 0 atom stereocenters. The van der Waals surface area contributed by atoms with Crippen LogP contribution < -0.4 is 5.32 Å². The van der Waals surface area contributed by atoms with E-state index in [0.717, 1.165) is 18.2 Å². The molecule has 0 radical (unpaired) electrons. The molecule has 0 amide bonds. The number of nitrogens with zero attached hydrogens (tertiary/aromatic N) is 3. The third-order valence-electron chi connectivity index (χ3n) is 4.14. The molecule has 1 N–H and O–H groups in total. The minimum atomic E-state index is -0.779. The van der Waals surface area contributed by atoms with Crippen LogP contribution in [0.5, 0.6) is 0 Å². The number of hydrogen-bond donors (Lipinski definition) is 1. The molecule has 2 heterocycles. The van der Waals surface area contributed by atoms with Crippen LogP contribution in [-0.4, -0.2) is 22.0 Å². The van der Waals surface area contributed by atoms with Crippen LogP contribution in [-0.2, 0) is 0 Å². The van der Waals surface area contributed by atoms with E-state index in [2.05, 4.69) is 20.3 Å². The summed E-state index contributed by atoms with van der Waals surface area (Å²) in [5.41, 5.74) is 0.825.